The third-order valence-electron chi connectivity index (χ3n) is 0.640. The molecule has 1 radical (unpaired) electrons. The van der Waals surface area contributed by atoms with Crippen molar-refractivity contribution in [3.8, 4) is 0 Å². The van der Waals surface area contributed by atoms with Gasteiger partial charge in [0.1, 0.15) is 13.3 Å². The predicted octanol–water partition coefficient (Wildman–Crippen LogP) is 1.31. The maximum absolute atomic E-state index is 9.32. The zero-order valence-electron chi connectivity index (χ0n) is 4.02. The fourth-order valence-electron chi connectivity index (χ4n) is 0.0589. The number of hydrogen-bond acceptors (Lipinski definition) is 1. The second-order valence-corrected chi connectivity index (χ2v) is 1.14. The van der Waals surface area contributed by atoms with Crippen LogP contribution in [0.15, 0.2) is 0 Å². The highest BCUT2D eigenvalue weighted by molar-refractivity contribution is 4.63. The molecule has 0 saturated carbocycles. The van der Waals surface area contributed by atoms with Crippen LogP contribution in [-0.4, -0.2) is 0 Å². The molecule has 0 N–H and O–H groups in total. The summed E-state index contributed by atoms with van der Waals surface area (Å²) in [5.74, 6) is 0. The Morgan fingerprint density at radius 1 is 1.83 bits per heavy atom. The van der Waals surface area contributed by atoms with E-state index >= 15 is 0 Å². The van der Waals surface area contributed by atoms with Gasteiger partial charge in [-0.3, -0.25) is 0 Å². The van der Waals surface area contributed by atoms with Gasteiger partial charge in [0.2, 0.25) is 0 Å². The molecule has 0 aromatic heterocycles. The molecule has 6 heavy (non-hydrogen) atoms. The first-order chi connectivity index (χ1) is 2.81. The highest BCUT2D eigenvalue weighted by Gasteiger charge is 2.09. The van der Waals surface area contributed by atoms with E-state index in [1.165, 1.54) is 0 Å². The molecule has 0 aromatic rings. The first-order valence-electron chi connectivity index (χ1n) is 1.93. The highest BCUT2D eigenvalue weighted by atomic mass is 17.1. The van der Waals surface area contributed by atoms with Gasteiger partial charge in [-0.1, -0.05) is 0 Å². The Morgan fingerprint density at radius 3 is 2.33 bits per heavy atom. The summed E-state index contributed by atoms with van der Waals surface area (Å²) in [5.41, 5.74) is 0. The molecule has 0 amide bonds. The summed E-state index contributed by atoms with van der Waals surface area (Å²) in [7, 11) is 0. The van der Waals surface area contributed by atoms with Gasteiger partial charge >= 0.3 is 0 Å². The van der Waals surface area contributed by atoms with Crippen molar-refractivity contribution in [2.75, 3.05) is 0 Å². The third-order valence-corrected chi connectivity index (χ3v) is 0.640. The molecular formula is C4H8O2+. The van der Waals surface area contributed by atoms with E-state index in [1.54, 1.807) is 6.92 Å². The summed E-state index contributed by atoms with van der Waals surface area (Å²) in [4.78, 5) is 3.57. The minimum absolute atomic E-state index is 0.537. The SMILES string of the molecule is CC[C+](C)O[O]. The van der Waals surface area contributed by atoms with Crippen LogP contribution in [0.1, 0.15) is 20.3 Å². The minimum Gasteiger partial charge on any atom is -0.0209 e. The van der Waals surface area contributed by atoms with Crippen LogP contribution < -0.4 is 0 Å². The fourth-order valence-corrected chi connectivity index (χ4v) is 0.0589. The van der Waals surface area contributed by atoms with Gasteiger partial charge in [0.05, 0.1) is 0 Å². The Bertz CT molecular complexity index is 24.7. The topological polar surface area (TPSA) is 29.1 Å². The molecule has 0 rings (SSSR count). The predicted molar refractivity (Wildman–Crippen MR) is 21.0 cm³/mol. The Balaban J connectivity index is 2.75. The van der Waals surface area contributed by atoms with E-state index in [-0.39, 0.29) is 0 Å². The van der Waals surface area contributed by atoms with Crippen LogP contribution in [0.3, 0.4) is 0 Å². The minimum atomic E-state index is 0.537. The molecule has 0 unspecified atom stereocenters. The summed E-state index contributed by atoms with van der Waals surface area (Å²) in [6.45, 7) is 3.53. The smallest absolute Gasteiger partial charge is 0.0209 e. The summed E-state index contributed by atoms with van der Waals surface area (Å²) in [6, 6.07) is 0. The van der Waals surface area contributed by atoms with E-state index in [0.717, 1.165) is 0 Å². The molecule has 0 fully saturated rings. The molecule has 0 bridgehead atoms. The van der Waals surface area contributed by atoms with Crippen LogP contribution in [0.2, 0.25) is 0 Å². The van der Waals surface area contributed by atoms with Crippen LogP contribution >= 0.6 is 0 Å². The Hall–Kier alpha value is -0.210. The van der Waals surface area contributed by atoms with Crippen LogP contribution in [0.25, 0.3) is 0 Å². The average molecular weight is 88.1 g/mol. The average Bonchev–Trinajstić information content (AvgIpc) is 1.65. The summed E-state index contributed by atoms with van der Waals surface area (Å²) < 4.78 is 0. The standard InChI is InChI=1S/C4H8O2/c1-3-4(2)6-5/h3H2,1-2H3/q+1. The van der Waals surface area contributed by atoms with Gasteiger partial charge < -0.3 is 0 Å². The second kappa shape index (κ2) is 3.00. The van der Waals surface area contributed by atoms with Gasteiger partial charge in [0.15, 0.2) is 0 Å². The maximum Gasteiger partial charge on any atom is 0.281 e. The van der Waals surface area contributed by atoms with Crippen molar-refractivity contribution in [2.24, 2.45) is 0 Å². The summed E-state index contributed by atoms with van der Waals surface area (Å²) >= 11 is 0. The molecule has 0 aromatic carbocycles. The van der Waals surface area contributed by atoms with E-state index in [4.69, 9.17) is 0 Å². The Kier molecular flexibility index (Phi) is 2.89. The molecule has 0 saturated heterocycles. The van der Waals surface area contributed by atoms with Crippen molar-refractivity contribution in [1.82, 2.24) is 0 Å². The van der Waals surface area contributed by atoms with E-state index in [9.17, 15) is 5.26 Å². The van der Waals surface area contributed by atoms with Gasteiger partial charge in [-0.15, -0.1) is 0 Å². The number of hydrogen-bond donors (Lipinski definition) is 0. The molecule has 35 valence electrons. The van der Waals surface area contributed by atoms with Gasteiger partial charge in [-0.2, -0.15) is 0 Å². The quantitative estimate of drug-likeness (QED) is 0.284. The molecule has 0 aliphatic heterocycles. The van der Waals surface area contributed by atoms with E-state index in [1.807, 2.05) is 6.92 Å². The van der Waals surface area contributed by atoms with Crippen molar-refractivity contribution in [3.63, 3.8) is 0 Å². The normalized spacial score (nSPS) is 8.50. The van der Waals surface area contributed by atoms with Crippen molar-refractivity contribution in [2.45, 2.75) is 20.3 Å². The van der Waals surface area contributed by atoms with Crippen LogP contribution in [0.5, 0.6) is 0 Å². The molecule has 0 aliphatic carbocycles. The second-order valence-electron chi connectivity index (χ2n) is 1.14. The number of rotatable bonds is 2. The van der Waals surface area contributed by atoms with Crippen LogP contribution in [-0.2, 0) is 10.1 Å². The van der Waals surface area contributed by atoms with Gasteiger partial charge in [-0.05, 0) is 11.8 Å². The van der Waals surface area contributed by atoms with Crippen molar-refractivity contribution < 1.29 is 10.1 Å². The molecule has 2 nitrogen and oxygen atoms in total. The largest absolute Gasteiger partial charge is 0.281 e. The van der Waals surface area contributed by atoms with Crippen LogP contribution in [0, 0.1) is 6.10 Å². The van der Waals surface area contributed by atoms with E-state index in [2.05, 4.69) is 4.89 Å². The Morgan fingerprint density at radius 2 is 2.33 bits per heavy atom. The van der Waals surface area contributed by atoms with Crippen molar-refractivity contribution in [3.05, 3.63) is 6.10 Å². The van der Waals surface area contributed by atoms with Crippen LogP contribution in [0.4, 0.5) is 0 Å². The maximum atomic E-state index is 9.32. The van der Waals surface area contributed by atoms with Crippen molar-refractivity contribution >= 4 is 0 Å². The van der Waals surface area contributed by atoms with Gasteiger partial charge in [0.25, 0.3) is 6.10 Å². The fraction of sp³-hybridized carbons (Fsp3) is 0.750. The lowest BCUT2D eigenvalue weighted by molar-refractivity contribution is -0.295. The zero-order valence-corrected chi connectivity index (χ0v) is 4.02. The zero-order chi connectivity index (χ0) is 4.99. The first-order valence-corrected chi connectivity index (χ1v) is 1.93. The lowest BCUT2D eigenvalue weighted by atomic mass is 10.3. The van der Waals surface area contributed by atoms with Crippen molar-refractivity contribution in [1.29, 1.82) is 0 Å². The first kappa shape index (κ1) is 5.79. The summed E-state index contributed by atoms with van der Waals surface area (Å²) in [6.07, 6.45) is 1.25. The molecule has 0 spiro atoms. The lowest BCUT2D eigenvalue weighted by Gasteiger charge is -1.79. The van der Waals surface area contributed by atoms with Gasteiger partial charge in [0, 0.05) is 5.26 Å². The molecule has 0 atom stereocenters. The lowest BCUT2D eigenvalue weighted by Crippen LogP contribution is -1.88. The van der Waals surface area contributed by atoms with Gasteiger partial charge in [-0.25, -0.2) is 0 Å². The third kappa shape index (κ3) is 2.05. The van der Waals surface area contributed by atoms with E-state index in [0.29, 0.717) is 12.5 Å². The highest BCUT2D eigenvalue weighted by Crippen LogP contribution is 2.00. The van der Waals surface area contributed by atoms with E-state index < -0.39 is 0 Å². The molecule has 0 heterocycles. The molecule has 0 aliphatic rings. The Labute approximate surface area is 37.7 Å². The molecule has 2 heteroatoms. The monoisotopic (exact) mass is 88.1 g/mol. The summed E-state index contributed by atoms with van der Waals surface area (Å²) in [5, 5.41) is 9.32. The molecular weight excluding hydrogens is 80.0 g/mol.